The fourth-order valence-corrected chi connectivity index (χ4v) is 3.56. The van der Waals surface area contributed by atoms with E-state index in [0.29, 0.717) is 30.5 Å². The molecule has 3 N–H and O–H groups in total. The summed E-state index contributed by atoms with van der Waals surface area (Å²) >= 11 is 0. The highest BCUT2D eigenvalue weighted by Crippen LogP contribution is 2.27. The minimum Gasteiger partial charge on any atom is -0.493 e. The van der Waals surface area contributed by atoms with E-state index >= 15 is 0 Å². The molecule has 1 heterocycles. The van der Waals surface area contributed by atoms with Crippen LogP contribution >= 0.6 is 0 Å². The maximum Gasteiger partial charge on any atom is 0.321 e. The molecule has 0 aromatic heterocycles. The molecule has 0 bridgehead atoms. The molecule has 172 valence electrons. The van der Waals surface area contributed by atoms with E-state index in [1.165, 1.54) is 0 Å². The Morgan fingerprint density at radius 3 is 2.50 bits per heavy atom. The molecule has 0 saturated carbocycles. The van der Waals surface area contributed by atoms with Gasteiger partial charge in [0.2, 0.25) is 0 Å². The number of hydrogen-bond acceptors (Lipinski definition) is 4. The van der Waals surface area contributed by atoms with Gasteiger partial charge in [-0.25, -0.2) is 9.79 Å². The lowest BCUT2D eigenvalue weighted by Gasteiger charge is -2.16. The molecule has 3 rings (SSSR count). The number of benzene rings is 2. The molecule has 2 aromatic carbocycles. The Bertz CT molecular complexity index is 926. The Balaban J connectivity index is 1.60. The van der Waals surface area contributed by atoms with Crippen molar-refractivity contribution in [1.82, 2.24) is 15.5 Å². The quantitative estimate of drug-likeness (QED) is 0.432. The van der Waals surface area contributed by atoms with Crippen LogP contribution in [-0.2, 0) is 13.1 Å². The molecule has 8 nitrogen and oxygen atoms in total. The van der Waals surface area contributed by atoms with Crippen LogP contribution in [0.15, 0.2) is 47.5 Å². The van der Waals surface area contributed by atoms with Crippen molar-refractivity contribution >= 4 is 17.7 Å². The van der Waals surface area contributed by atoms with Crippen molar-refractivity contribution in [3.8, 4) is 11.5 Å². The van der Waals surface area contributed by atoms with Gasteiger partial charge in [0.15, 0.2) is 17.5 Å². The predicted molar refractivity (Wildman–Crippen MR) is 127 cm³/mol. The second-order valence-electron chi connectivity index (χ2n) is 7.56. The molecule has 1 fully saturated rings. The molecule has 1 saturated heterocycles. The zero-order valence-electron chi connectivity index (χ0n) is 19.1. The van der Waals surface area contributed by atoms with Gasteiger partial charge in [-0.15, -0.1) is 0 Å². The van der Waals surface area contributed by atoms with E-state index in [4.69, 9.17) is 9.47 Å². The molecule has 2 amide bonds. The molecule has 2 aromatic rings. The number of nitrogens with one attached hydrogen (secondary N) is 3. The molecule has 1 aliphatic heterocycles. The second-order valence-corrected chi connectivity index (χ2v) is 7.56. The number of anilines is 1. The van der Waals surface area contributed by atoms with Crippen LogP contribution in [0.4, 0.5) is 10.5 Å². The fourth-order valence-electron chi connectivity index (χ4n) is 3.56. The number of rotatable bonds is 8. The summed E-state index contributed by atoms with van der Waals surface area (Å²) in [6.07, 6.45) is 2.15. The fraction of sp³-hybridized carbons (Fsp3) is 0.417. The average Bonchev–Trinajstić information content (AvgIpc) is 3.36. The lowest BCUT2D eigenvalue weighted by atomic mass is 10.2. The van der Waals surface area contributed by atoms with Gasteiger partial charge in [-0.2, -0.15) is 0 Å². The first-order valence-electron chi connectivity index (χ1n) is 11.0. The van der Waals surface area contributed by atoms with Crippen LogP contribution in [0.25, 0.3) is 0 Å². The summed E-state index contributed by atoms with van der Waals surface area (Å²) in [6.45, 7) is 5.53. The summed E-state index contributed by atoms with van der Waals surface area (Å²) < 4.78 is 10.7. The second kappa shape index (κ2) is 11.8. The molecule has 0 aliphatic carbocycles. The highest BCUT2D eigenvalue weighted by molar-refractivity contribution is 5.89. The number of aliphatic imine (C=N–C) groups is 1. The third kappa shape index (κ3) is 6.54. The summed E-state index contributed by atoms with van der Waals surface area (Å²) in [4.78, 5) is 18.9. The number of ether oxygens (including phenoxy) is 2. The van der Waals surface area contributed by atoms with Gasteiger partial charge in [-0.05, 0) is 55.2 Å². The molecule has 8 heteroatoms. The van der Waals surface area contributed by atoms with Crippen LogP contribution in [0, 0.1) is 0 Å². The Labute approximate surface area is 190 Å². The minimum atomic E-state index is -0.0342. The highest BCUT2D eigenvalue weighted by Gasteiger charge is 2.17. The monoisotopic (exact) mass is 439 g/mol. The zero-order valence-corrected chi connectivity index (χ0v) is 19.1. The SMILES string of the molecule is CCNC(=NCc1cccc(NC(=O)N2CCCC2)c1)NCc1ccc(OC)c(OC)c1. The molecule has 0 unspecified atom stereocenters. The van der Waals surface area contributed by atoms with Crippen LogP contribution in [-0.4, -0.2) is 50.7 Å². The van der Waals surface area contributed by atoms with Crippen molar-refractivity contribution < 1.29 is 14.3 Å². The number of hydrogen-bond donors (Lipinski definition) is 3. The predicted octanol–water partition coefficient (Wildman–Crippen LogP) is 3.59. The van der Waals surface area contributed by atoms with Crippen molar-refractivity contribution in [2.45, 2.75) is 32.9 Å². The highest BCUT2D eigenvalue weighted by atomic mass is 16.5. The van der Waals surface area contributed by atoms with Gasteiger partial charge in [0.25, 0.3) is 0 Å². The minimum absolute atomic E-state index is 0.0342. The van der Waals surface area contributed by atoms with Crippen LogP contribution in [0.1, 0.15) is 30.9 Å². The zero-order chi connectivity index (χ0) is 22.8. The molecule has 0 radical (unpaired) electrons. The van der Waals surface area contributed by atoms with Crippen molar-refractivity contribution in [2.24, 2.45) is 4.99 Å². The number of methoxy groups -OCH3 is 2. The maximum absolute atomic E-state index is 12.3. The first kappa shape index (κ1) is 23.2. The Kier molecular flexibility index (Phi) is 8.60. The largest absolute Gasteiger partial charge is 0.493 e. The third-order valence-electron chi connectivity index (χ3n) is 5.24. The summed E-state index contributed by atoms with van der Waals surface area (Å²) in [6, 6.07) is 13.6. The maximum atomic E-state index is 12.3. The van der Waals surface area contributed by atoms with Gasteiger partial charge in [0.1, 0.15) is 0 Å². The number of carbonyl (C=O) groups is 1. The first-order valence-corrected chi connectivity index (χ1v) is 11.0. The number of guanidine groups is 1. The van der Waals surface area contributed by atoms with E-state index in [2.05, 4.69) is 20.9 Å². The number of carbonyl (C=O) groups excluding carboxylic acids is 1. The number of amides is 2. The van der Waals surface area contributed by atoms with Crippen molar-refractivity contribution in [2.75, 3.05) is 39.2 Å². The topological polar surface area (TPSA) is 87.2 Å². The van der Waals surface area contributed by atoms with Crippen LogP contribution in [0.2, 0.25) is 0 Å². The number of likely N-dealkylation sites (tertiary alicyclic amines) is 1. The lowest BCUT2D eigenvalue weighted by molar-refractivity contribution is 0.222. The van der Waals surface area contributed by atoms with Gasteiger partial charge >= 0.3 is 6.03 Å². The molecule has 1 aliphatic rings. The smallest absolute Gasteiger partial charge is 0.321 e. The van der Waals surface area contributed by atoms with Gasteiger partial charge < -0.3 is 30.3 Å². The molecular formula is C24H33N5O3. The van der Waals surface area contributed by atoms with E-state index in [0.717, 1.165) is 49.3 Å². The normalized spacial score (nSPS) is 13.6. The van der Waals surface area contributed by atoms with Gasteiger partial charge in [0.05, 0.1) is 20.8 Å². The molecule has 32 heavy (non-hydrogen) atoms. The number of nitrogens with zero attached hydrogens (tertiary/aromatic N) is 2. The standard InChI is InChI=1S/C24H33N5O3/c1-4-25-23(27-17-19-10-11-21(31-2)22(15-19)32-3)26-16-18-8-7-9-20(14-18)28-24(30)29-12-5-6-13-29/h7-11,14-15H,4-6,12-13,16-17H2,1-3H3,(H,28,30)(H2,25,26,27). The lowest BCUT2D eigenvalue weighted by Crippen LogP contribution is -2.36. The van der Waals surface area contributed by atoms with Gasteiger partial charge in [-0.3, -0.25) is 0 Å². The van der Waals surface area contributed by atoms with E-state index in [-0.39, 0.29) is 6.03 Å². The summed E-state index contributed by atoms with van der Waals surface area (Å²) in [5.74, 6) is 2.11. The van der Waals surface area contributed by atoms with Crippen LogP contribution < -0.4 is 25.4 Å². The van der Waals surface area contributed by atoms with E-state index in [1.54, 1.807) is 14.2 Å². The van der Waals surface area contributed by atoms with E-state index < -0.39 is 0 Å². The van der Waals surface area contributed by atoms with E-state index in [1.807, 2.05) is 54.3 Å². The van der Waals surface area contributed by atoms with Crippen molar-refractivity contribution in [3.05, 3.63) is 53.6 Å². The van der Waals surface area contributed by atoms with Crippen molar-refractivity contribution in [3.63, 3.8) is 0 Å². The first-order chi connectivity index (χ1) is 15.6. The van der Waals surface area contributed by atoms with Crippen LogP contribution in [0.3, 0.4) is 0 Å². The van der Waals surface area contributed by atoms with Crippen molar-refractivity contribution in [1.29, 1.82) is 0 Å². The summed E-state index contributed by atoms with van der Waals surface area (Å²) in [7, 11) is 3.25. The summed E-state index contributed by atoms with van der Waals surface area (Å²) in [5.41, 5.74) is 2.87. The van der Waals surface area contributed by atoms with Gasteiger partial charge in [0, 0.05) is 31.9 Å². The Morgan fingerprint density at radius 2 is 1.78 bits per heavy atom. The molecular weight excluding hydrogens is 406 g/mol. The Morgan fingerprint density at radius 1 is 1.00 bits per heavy atom. The summed E-state index contributed by atoms with van der Waals surface area (Å²) in [5, 5.41) is 9.60. The number of urea groups is 1. The van der Waals surface area contributed by atoms with Crippen LogP contribution in [0.5, 0.6) is 11.5 Å². The van der Waals surface area contributed by atoms with Gasteiger partial charge in [-0.1, -0.05) is 18.2 Å². The average molecular weight is 440 g/mol. The Hall–Kier alpha value is -3.42. The molecule has 0 spiro atoms. The third-order valence-corrected chi connectivity index (χ3v) is 5.24. The molecule has 0 atom stereocenters. The van der Waals surface area contributed by atoms with E-state index in [9.17, 15) is 4.79 Å².